The van der Waals surface area contributed by atoms with E-state index in [9.17, 15) is 0 Å². The van der Waals surface area contributed by atoms with E-state index >= 15 is 0 Å². The number of benzene rings is 11. The minimum absolute atomic E-state index is 0.0901. The van der Waals surface area contributed by atoms with Crippen LogP contribution < -0.4 is 0 Å². The molecule has 0 unspecified atom stereocenters. The Kier molecular flexibility index (Phi) is 6.65. The molecule has 0 heterocycles. The van der Waals surface area contributed by atoms with Gasteiger partial charge in [-0.3, -0.25) is 0 Å². The molecule has 0 nitrogen and oxygen atoms in total. The van der Waals surface area contributed by atoms with Crippen LogP contribution in [0.1, 0.15) is 47.2 Å². The molecule has 0 atom stereocenters. The fourth-order valence-electron chi connectivity index (χ4n) is 12.6. The van der Waals surface area contributed by atoms with Gasteiger partial charge in [-0.15, -0.1) is 0 Å². The number of fused-ring (bicyclic) bond motifs is 19. The quantitative estimate of drug-likeness (QED) is 0.153. The van der Waals surface area contributed by atoms with E-state index in [0.717, 1.165) is 0 Å². The second-order valence-corrected chi connectivity index (χ2v) is 18.2. The first kappa shape index (κ1) is 34.2. The van der Waals surface area contributed by atoms with E-state index < -0.39 is 5.41 Å². The molecule has 0 radical (unpaired) electrons. The molecule has 0 heteroatoms. The summed E-state index contributed by atoms with van der Waals surface area (Å²) >= 11 is 0. The molecule has 0 fully saturated rings. The van der Waals surface area contributed by atoms with Crippen molar-refractivity contribution in [3.63, 3.8) is 0 Å². The van der Waals surface area contributed by atoms with Gasteiger partial charge in [-0.2, -0.15) is 0 Å². The van der Waals surface area contributed by atoms with Crippen molar-refractivity contribution in [3.8, 4) is 55.6 Å². The van der Waals surface area contributed by atoms with Crippen LogP contribution in [0.2, 0.25) is 0 Å². The summed E-state index contributed by atoms with van der Waals surface area (Å²) in [7, 11) is 0. The zero-order valence-corrected chi connectivity index (χ0v) is 34.6. The zero-order chi connectivity index (χ0) is 40.9. The number of hydrogen-bond donors (Lipinski definition) is 0. The highest BCUT2D eigenvalue weighted by atomic mass is 14.5. The highest BCUT2D eigenvalue weighted by Gasteiger charge is 2.52. The van der Waals surface area contributed by atoms with Gasteiger partial charge >= 0.3 is 0 Å². The molecule has 11 aromatic rings. The van der Waals surface area contributed by atoms with Gasteiger partial charge in [0.15, 0.2) is 0 Å². The third kappa shape index (κ3) is 4.13. The van der Waals surface area contributed by atoms with Gasteiger partial charge in [0.2, 0.25) is 0 Å². The standard InChI is InChI=1S/C62H40/c1-61(2)51-28-14-11-20-41(51)44-33-31-38(35-55(44)61)57-46-24-7-9-26-48(46)58(49-27-10-8-25-47(49)57)50-36-56-60(45-23-6-5-19-40(45)50)59-39-18-4-3-17-37(39)32-34-54(59)62(56)52-29-15-12-21-42(52)43-22-13-16-30-53(43)62/h3-36H,1-2H3. The second-order valence-electron chi connectivity index (χ2n) is 18.2. The highest BCUT2D eigenvalue weighted by molar-refractivity contribution is 6.25. The summed E-state index contributed by atoms with van der Waals surface area (Å²) in [4.78, 5) is 0. The third-order valence-electron chi connectivity index (χ3n) is 15.1. The lowest BCUT2D eigenvalue weighted by atomic mass is 9.69. The average molecular weight is 785 g/mol. The van der Waals surface area contributed by atoms with Gasteiger partial charge in [0.25, 0.3) is 0 Å². The molecule has 288 valence electrons. The first-order chi connectivity index (χ1) is 30.5. The van der Waals surface area contributed by atoms with Crippen LogP contribution in [-0.2, 0) is 10.8 Å². The summed E-state index contributed by atoms with van der Waals surface area (Å²) in [6.07, 6.45) is 0. The van der Waals surface area contributed by atoms with Gasteiger partial charge in [-0.1, -0.05) is 208 Å². The lowest BCUT2D eigenvalue weighted by Crippen LogP contribution is -2.26. The van der Waals surface area contributed by atoms with Crippen LogP contribution in [0.3, 0.4) is 0 Å². The molecule has 0 N–H and O–H groups in total. The minimum Gasteiger partial charge on any atom is -0.0619 e. The average Bonchev–Trinajstić information content (AvgIpc) is 3.89. The lowest BCUT2D eigenvalue weighted by Gasteiger charge is -2.31. The van der Waals surface area contributed by atoms with Gasteiger partial charge in [-0.05, 0) is 144 Å². The Morgan fingerprint density at radius 2 is 0.710 bits per heavy atom. The summed E-state index contributed by atoms with van der Waals surface area (Å²) in [5, 5.41) is 10.3. The van der Waals surface area contributed by atoms with Gasteiger partial charge in [0.05, 0.1) is 5.41 Å². The summed E-state index contributed by atoms with van der Waals surface area (Å²) < 4.78 is 0. The van der Waals surface area contributed by atoms with Crippen LogP contribution in [0.15, 0.2) is 206 Å². The normalized spacial score (nSPS) is 14.5. The number of rotatable bonds is 2. The molecule has 3 aliphatic carbocycles. The van der Waals surface area contributed by atoms with Crippen molar-refractivity contribution in [1.82, 2.24) is 0 Å². The molecular weight excluding hydrogens is 745 g/mol. The highest BCUT2D eigenvalue weighted by Crippen LogP contribution is 2.66. The van der Waals surface area contributed by atoms with E-state index in [1.165, 1.54) is 132 Å². The van der Waals surface area contributed by atoms with Gasteiger partial charge < -0.3 is 0 Å². The van der Waals surface area contributed by atoms with Gasteiger partial charge in [0.1, 0.15) is 0 Å². The van der Waals surface area contributed by atoms with Crippen molar-refractivity contribution >= 4 is 43.1 Å². The monoisotopic (exact) mass is 784 g/mol. The second kappa shape index (κ2) is 12.1. The molecule has 3 aliphatic rings. The van der Waals surface area contributed by atoms with E-state index in [0.29, 0.717) is 0 Å². The first-order valence-electron chi connectivity index (χ1n) is 22.0. The van der Waals surface area contributed by atoms with Crippen molar-refractivity contribution < 1.29 is 0 Å². The van der Waals surface area contributed by atoms with Crippen LogP contribution in [0.25, 0.3) is 98.7 Å². The van der Waals surface area contributed by atoms with E-state index in [1.54, 1.807) is 0 Å². The molecule has 14 rings (SSSR count). The van der Waals surface area contributed by atoms with Gasteiger partial charge in [-0.25, -0.2) is 0 Å². The Bertz CT molecular complexity index is 3680. The third-order valence-corrected chi connectivity index (χ3v) is 15.1. The van der Waals surface area contributed by atoms with Crippen molar-refractivity contribution in [3.05, 3.63) is 240 Å². The van der Waals surface area contributed by atoms with Crippen LogP contribution in [0.4, 0.5) is 0 Å². The van der Waals surface area contributed by atoms with Crippen LogP contribution >= 0.6 is 0 Å². The number of hydrogen-bond acceptors (Lipinski definition) is 0. The van der Waals surface area contributed by atoms with E-state index in [-0.39, 0.29) is 5.41 Å². The molecule has 0 bridgehead atoms. The maximum absolute atomic E-state index is 2.62. The Balaban J connectivity index is 1.12. The first-order valence-corrected chi connectivity index (χ1v) is 22.0. The molecule has 0 aromatic heterocycles. The Morgan fingerprint density at radius 1 is 0.258 bits per heavy atom. The Morgan fingerprint density at radius 3 is 1.34 bits per heavy atom. The Hall–Kier alpha value is -7.54. The van der Waals surface area contributed by atoms with E-state index in [4.69, 9.17) is 0 Å². The predicted octanol–water partition coefficient (Wildman–Crippen LogP) is 16.3. The van der Waals surface area contributed by atoms with E-state index in [2.05, 4.69) is 220 Å². The Labute approximate surface area is 361 Å². The predicted molar refractivity (Wildman–Crippen MR) is 261 cm³/mol. The van der Waals surface area contributed by atoms with Crippen molar-refractivity contribution in [2.24, 2.45) is 0 Å². The molecular formula is C62H40. The van der Waals surface area contributed by atoms with Crippen LogP contribution in [0, 0.1) is 0 Å². The van der Waals surface area contributed by atoms with Crippen molar-refractivity contribution in [1.29, 1.82) is 0 Å². The summed E-state index contributed by atoms with van der Waals surface area (Å²) in [6.45, 7) is 4.77. The molecule has 0 saturated carbocycles. The SMILES string of the molecule is CC1(C)c2ccccc2-c2ccc(-c3c4ccccc4c(-c4cc5c(c6ccccc46)-c4c(ccc6ccccc46)C54c5ccccc5-c5ccccc54)c4ccccc34)cc21. The topological polar surface area (TPSA) is 0 Å². The largest absolute Gasteiger partial charge is 0.0726 e. The zero-order valence-electron chi connectivity index (χ0n) is 34.6. The minimum atomic E-state index is -0.485. The maximum atomic E-state index is 2.62. The van der Waals surface area contributed by atoms with Crippen LogP contribution in [0.5, 0.6) is 0 Å². The summed E-state index contributed by atoms with van der Waals surface area (Å²) in [6, 6.07) is 78.6. The summed E-state index contributed by atoms with van der Waals surface area (Å²) in [5.41, 5.74) is 20.9. The van der Waals surface area contributed by atoms with Crippen LogP contribution in [-0.4, -0.2) is 0 Å². The van der Waals surface area contributed by atoms with Crippen molar-refractivity contribution in [2.75, 3.05) is 0 Å². The fraction of sp³-hybridized carbons (Fsp3) is 0.0645. The molecule has 1 spiro atoms. The fourth-order valence-corrected chi connectivity index (χ4v) is 12.6. The molecule has 0 saturated heterocycles. The summed E-state index contributed by atoms with van der Waals surface area (Å²) in [5.74, 6) is 0. The molecule has 0 aliphatic heterocycles. The van der Waals surface area contributed by atoms with E-state index in [1.807, 2.05) is 0 Å². The molecule has 11 aromatic carbocycles. The molecule has 62 heavy (non-hydrogen) atoms. The maximum Gasteiger partial charge on any atom is 0.0726 e. The lowest BCUT2D eigenvalue weighted by molar-refractivity contribution is 0.660. The molecule has 0 amide bonds. The smallest absolute Gasteiger partial charge is 0.0619 e. The van der Waals surface area contributed by atoms with Crippen molar-refractivity contribution in [2.45, 2.75) is 24.7 Å². The van der Waals surface area contributed by atoms with Gasteiger partial charge in [0, 0.05) is 5.41 Å².